The van der Waals surface area contributed by atoms with Crippen molar-refractivity contribution in [2.75, 3.05) is 20.1 Å². The lowest BCUT2D eigenvalue weighted by atomic mass is 10.1. The molecule has 2 aliphatic rings. The zero-order valence-electron chi connectivity index (χ0n) is 14.8. The molecule has 3 rings (SSSR count). The molecule has 6 nitrogen and oxygen atoms in total. The van der Waals surface area contributed by atoms with Gasteiger partial charge in [0.05, 0.1) is 18.2 Å². The smallest absolute Gasteiger partial charge is 0.330 e. The number of allylic oxidation sites excluding steroid dienone is 1. The minimum absolute atomic E-state index is 0.0402. The zero-order chi connectivity index (χ0) is 18.8. The second kappa shape index (κ2) is 7.18. The molecule has 1 saturated heterocycles. The molecule has 0 spiro atoms. The molecular weight excluding hydrogens is 333 g/mol. The van der Waals surface area contributed by atoms with Gasteiger partial charge in [0, 0.05) is 38.0 Å². The highest BCUT2D eigenvalue weighted by molar-refractivity contribution is 5.80. The van der Waals surface area contributed by atoms with Crippen LogP contribution in [0.2, 0.25) is 0 Å². The molecule has 1 aromatic rings. The molecule has 0 aliphatic carbocycles. The molecule has 0 radical (unpaired) electrons. The molecule has 1 atom stereocenters. The van der Waals surface area contributed by atoms with Crippen LogP contribution in [0.15, 0.2) is 42.4 Å². The summed E-state index contributed by atoms with van der Waals surface area (Å²) < 4.78 is 13.7. The van der Waals surface area contributed by atoms with E-state index < -0.39 is 5.82 Å². The lowest BCUT2D eigenvalue weighted by Crippen LogP contribution is -2.51. The second-order valence-corrected chi connectivity index (χ2v) is 6.68. The number of piperidine rings is 1. The minimum atomic E-state index is -0.438. The molecule has 7 heteroatoms. The molecule has 0 unspecified atom stereocenters. The van der Waals surface area contributed by atoms with Crippen molar-refractivity contribution in [3.8, 4) is 6.07 Å². The van der Waals surface area contributed by atoms with Crippen LogP contribution < -0.4 is 5.73 Å². The maximum Gasteiger partial charge on any atom is 0.330 e. The van der Waals surface area contributed by atoms with Crippen molar-refractivity contribution in [2.24, 2.45) is 5.73 Å². The average molecular weight is 355 g/mol. The third kappa shape index (κ3) is 3.41. The SMILES string of the molecule is C=C1C=C(N2CCC[C@@H](N)C2)N(Cc2cc(F)ccc2C#N)C(=O)N1C. The first kappa shape index (κ1) is 18.0. The van der Waals surface area contributed by atoms with Crippen LogP contribution in [0.1, 0.15) is 24.0 Å². The van der Waals surface area contributed by atoms with Crippen molar-refractivity contribution in [1.29, 1.82) is 5.26 Å². The van der Waals surface area contributed by atoms with Crippen LogP contribution in [0.4, 0.5) is 9.18 Å². The third-order valence-corrected chi connectivity index (χ3v) is 4.82. The summed E-state index contributed by atoms with van der Waals surface area (Å²) in [6, 6.07) is 5.81. The number of halogens is 1. The van der Waals surface area contributed by atoms with E-state index in [-0.39, 0.29) is 18.6 Å². The van der Waals surface area contributed by atoms with Crippen molar-refractivity contribution < 1.29 is 9.18 Å². The molecule has 0 bridgehead atoms. The van der Waals surface area contributed by atoms with Gasteiger partial charge in [0.25, 0.3) is 0 Å². The van der Waals surface area contributed by atoms with E-state index in [1.54, 1.807) is 11.9 Å². The fraction of sp³-hybridized carbons (Fsp3) is 0.368. The molecule has 2 N–H and O–H groups in total. The highest BCUT2D eigenvalue weighted by Crippen LogP contribution is 2.28. The van der Waals surface area contributed by atoms with Gasteiger partial charge in [-0.1, -0.05) is 6.58 Å². The number of carbonyl (C=O) groups excluding carboxylic acids is 1. The molecule has 0 saturated carbocycles. The predicted molar refractivity (Wildman–Crippen MR) is 95.8 cm³/mol. The summed E-state index contributed by atoms with van der Waals surface area (Å²) in [5.74, 6) is 0.258. The third-order valence-electron chi connectivity index (χ3n) is 4.82. The van der Waals surface area contributed by atoms with Crippen LogP contribution in [0.25, 0.3) is 0 Å². The van der Waals surface area contributed by atoms with E-state index >= 15 is 0 Å². The lowest BCUT2D eigenvalue weighted by molar-refractivity contribution is 0.140. The number of amides is 2. The predicted octanol–water partition coefficient (Wildman–Crippen LogP) is 2.34. The summed E-state index contributed by atoms with van der Waals surface area (Å²) in [6.07, 6.45) is 3.72. The molecule has 1 aromatic carbocycles. The van der Waals surface area contributed by atoms with Gasteiger partial charge in [-0.3, -0.25) is 9.80 Å². The monoisotopic (exact) mass is 355 g/mol. The number of carbonyl (C=O) groups is 1. The van der Waals surface area contributed by atoms with E-state index in [0.29, 0.717) is 29.2 Å². The molecular formula is C19H22FN5O. The number of urea groups is 1. The zero-order valence-corrected chi connectivity index (χ0v) is 14.8. The van der Waals surface area contributed by atoms with Gasteiger partial charge in [0.15, 0.2) is 0 Å². The van der Waals surface area contributed by atoms with E-state index in [1.807, 2.05) is 6.08 Å². The molecule has 2 amide bonds. The van der Waals surface area contributed by atoms with Crippen LogP contribution in [0.3, 0.4) is 0 Å². The summed E-state index contributed by atoms with van der Waals surface area (Å²) in [7, 11) is 1.64. The summed E-state index contributed by atoms with van der Waals surface area (Å²) >= 11 is 0. The van der Waals surface area contributed by atoms with Crippen LogP contribution >= 0.6 is 0 Å². The number of hydrogen-bond donors (Lipinski definition) is 1. The fourth-order valence-corrected chi connectivity index (χ4v) is 3.33. The molecule has 0 aromatic heterocycles. The number of nitrogens with two attached hydrogens (primary N) is 1. The Morgan fingerprint density at radius 1 is 1.46 bits per heavy atom. The Morgan fingerprint density at radius 3 is 2.92 bits per heavy atom. The van der Waals surface area contributed by atoms with Crippen molar-refractivity contribution in [3.63, 3.8) is 0 Å². The van der Waals surface area contributed by atoms with Gasteiger partial charge < -0.3 is 10.6 Å². The average Bonchev–Trinajstić information content (AvgIpc) is 2.62. The minimum Gasteiger partial charge on any atom is -0.356 e. The summed E-state index contributed by atoms with van der Waals surface area (Å²) in [6.45, 7) is 5.46. The van der Waals surface area contributed by atoms with Crippen molar-refractivity contribution in [2.45, 2.75) is 25.4 Å². The van der Waals surface area contributed by atoms with Crippen molar-refractivity contribution in [3.05, 3.63) is 59.3 Å². The van der Waals surface area contributed by atoms with Crippen LogP contribution in [-0.4, -0.2) is 46.9 Å². The molecule has 2 heterocycles. The Hall–Kier alpha value is -2.85. The quantitative estimate of drug-likeness (QED) is 0.903. The largest absolute Gasteiger partial charge is 0.356 e. The van der Waals surface area contributed by atoms with Gasteiger partial charge in [-0.25, -0.2) is 9.18 Å². The Morgan fingerprint density at radius 2 is 2.23 bits per heavy atom. The van der Waals surface area contributed by atoms with Gasteiger partial charge >= 0.3 is 6.03 Å². The highest BCUT2D eigenvalue weighted by atomic mass is 19.1. The maximum absolute atomic E-state index is 13.7. The topological polar surface area (TPSA) is 76.6 Å². The Bertz CT molecular complexity index is 813. The number of benzene rings is 1. The first-order valence-corrected chi connectivity index (χ1v) is 8.55. The highest BCUT2D eigenvalue weighted by Gasteiger charge is 2.33. The Balaban J connectivity index is 1.97. The maximum atomic E-state index is 13.7. The second-order valence-electron chi connectivity index (χ2n) is 6.68. The lowest BCUT2D eigenvalue weighted by Gasteiger charge is -2.43. The Labute approximate surface area is 152 Å². The number of nitrogens with zero attached hydrogens (tertiary/aromatic N) is 4. The number of likely N-dealkylation sites (N-methyl/N-ethyl adjacent to an activating group) is 1. The summed E-state index contributed by atoms with van der Waals surface area (Å²) in [5, 5.41) is 9.31. The van der Waals surface area contributed by atoms with Gasteiger partial charge in [0.2, 0.25) is 0 Å². The first-order valence-electron chi connectivity index (χ1n) is 8.55. The summed E-state index contributed by atoms with van der Waals surface area (Å²) in [5.41, 5.74) is 7.49. The standard InChI is InChI=1S/C19H22FN5O/c1-13-8-18(24-7-3-4-17(22)12-24)25(19(26)23(13)2)11-15-9-16(20)6-5-14(15)10-21/h5-6,8-9,17H,1,3-4,7,11-12,22H2,2H3/t17-/m1/s1. The van der Waals surface area contributed by atoms with Crippen LogP contribution in [0, 0.1) is 17.1 Å². The van der Waals surface area contributed by atoms with Gasteiger partial charge in [-0.2, -0.15) is 5.26 Å². The summed E-state index contributed by atoms with van der Waals surface area (Å²) in [4.78, 5) is 17.9. The van der Waals surface area contributed by atoms with E-state index in [1.165, 1.54) is 23.1 Å². The van der Waals surface area contributed by atoms with Crippen LogP contribution in [0.5, 0.6) is 0 Å². The normalized spacial score (nSPS) is 20.9. The number of nitriles is 1. The van der Waals surface area contributed by atoms with Gasteiger partial charge in [-0.05, 0) is 36.6 Å². The first-order chi connectivity index (χ1) is 12.4. The van der Waals surface area contributed by atoms with E-state index in [9.17, 15) is 14.4 Å². The van der Waals surface area contributed by atoms with Gasteiger partial charge in [-0.15, -0.1) is 0 Å². The Kier molecular flexibility index (Phi) is 4.96. The molecule has 1 fully saturated rings. The van der Waals surface area contributed by atoms with Crippen LogP contribution in [-0.2, 0) is 6.54 Å². The number of hydrogen-bond acceptors (Lipinski definition) is 4. The molecule has 26 heavy (non-hydrogen) atoms. The number of likely N-dealkylation sites (tertiary alicyclic amines) is 1. The molecule has 136 valence electrons. The van der Waals surface area contributed by atoms with E-state index in [0.717, 1.165) is 19.4 Å². The van der Waals surface area contributed by atoms with E-state index in [4.69, 9.17) is 5.73 Å². The number of rotatable bonds is 3. The van der Waals surface area contributed by atoms with Gasteiger partial charge in [0.1, 0.15) is 11.6 Å². The van der Waals surface area contributed by atoms with E-state index in [2.05, 4.69) is 17.5 Å². The fourth-order valence-electron chi connectivity index (χ4n) is 3.33. The van der Waals surface area contributed by atoms with Crippen molar-refractivity contribution >= 4 is 6.03 Å². The van der Waals surface area contributed by atoms with Crippen molar-refractivity contribution in [1.82, 2.24) is 14.7 Å². The molecule has 2 aliphatic heterocycles.